The van der Waals surface area contributed by atoms with Gasteiger partial charge in [-0.15, -0.1) is 0 Å². The molecule has 108 valence electrons. The van der Waals surface area contributed by atoms with Crippen LogP contribution in [0.1, 0.15) is 32.8 Å². The lowest BCUT2D eigenvalue weighted by Crippen LogP contribution is -2.35. The van der Waals surface area contributed by atoms with Gasteiger partial charge in [0.05, 0.1) is 6.61 Å². The van der Waals surface area contributed by atoms with Crippen LogP contribution in [0.3, 0.4) is 0 Å². The second-order valence-electron chi connectivity index (χ2n) is 4.91. The highest BCUT2D eigenvalue weighted by Gasteiger charge is 2.15. The number of anilines is 2. The fourth-order valence-corrected chi connectivity index (χ4v) is 1.84. The Balaban J connectivity index is 2.93. The first kappa shape index (κ1) is 15.7. The average molecular weight is 266 g/mol. The summed E-state index contributed by atoms with van der Waals surface area (Å²) >= 11 is 0. The molecule has 0 atom stereocenters. The van der Waals surface area contributed by atoms with Gasteiger partial charge in [0.15, 0.2) is 0 Å². The van der Waals surface area contributed by atoms with Gasteiger partial charge in [-0.2, -0.15) is 4.98 Å². The Morgan fingerprint density at radius 3 is 2.74 bits per heavy atom. The van der Waals surface area contributed by atoms with Crippen molar-refractivity contribution in [3.05, 3.63) is 11.8 Å². The van der Waals surface area contributed by atoms with Crippen molar-refractivity contribution in [1.82, 2.24) is 9.97 Å². The number of aryl methyl sites for hydroxylation is 1. The second kappa shape index (κ2) is 7.94. The van der Waals surface area contributed by atoms with Gasteiger partial charge >= 0.3 is 0 Å². The Morgan fingerprint density at radius 1 is 1.42 bits per heavy atom. The summed E-state index contributed by atoms with van der Waals surface area (Å²) in [5.41, 5.74) is 1.09. The van der Waals surface area contributed by atoms with Gasteiger partial charge in [0.25, 0.3) is 0 Å². The number of hydrogen-bond donors (Lipinski definition) is 1. The smallest absolute Gasteiger partial charge is 0.224 e. The van der Waals surface area contributed by atoms with Crippen LogP contribution in [-0.2, 0) is 4.74 Å². The van der Waals surface area contributed by atoms with Gasteiger partial charge in [0.2, 0.25) is 5.95 Å². The summed E-state index contributed by atoms with van der Waals surface area (Å²) in [5.74, 6) is 1.69. The number of nitrogens with zero attached hydrogens (tertiary/aromatic N) is 3. The van der Waals surface area contributed by atoms with Gasteiger partial charge in [-0.1, -0.05) is 6.92 Å². The lowest BCUT2D eigenvalue weighted by Gasteiger charge is -2.29. The van der Waals surface area contributed by atoms with Gasteiger partial charge in [0, 0.05) is 38.0 Å². The molecule has 1 rings (SSSR count). The van der Waals surface area contributed by atoms with Crippen molar-refractivity contribution in [2.75, 3.05) is 37.0 Å². The van der Waals surface area contributed by atoms with Crippen molar-refractivity contribution < 1.29 is 4.74 Å². The summed E-state index contributed by atoms with van der Waals surface area (Å²) in [6.07, 6.45) is 2.94. The van der Waals surface area contributed by atoms with E-state index in [4.69, 9.17) is 4.74 Å². The lowest BCUT2D eigenvalue weighted by atomic mass is 10.2. The van der Waals surface area contributed by atoms with E-state index in [1.807, 2.05) is 13.1 Å². The second-order valence-corrected chi connectivity index (χ2v) is 4.91. The Bertz CT molecular complexity index is 382. The number of nitrogens with one attached hydrogen (secondary N) is 1. The highest BCUT2D eigenvalue weighted by atomic mass is 16.5. The Labute approximate surface area is 116 Å². The molecule has 0 spiro atoms. The molecule has 1 aromatic heterocycles. The third kappa shape index (κ3) is 4.67. The van der Waals surface area contributed by atoms with Gasteiger partial charge in [-0.25, -0.2) is 4.98 Å². The van der Waals surface area contributed by atoms with Gasteiger partial charge in [0.1, 0.15) is 5.82 Å². The maximum atomic E-state index is 5.18. The van der Waals surface area contributed by atoms with E-state index in [0.717, 1.165) is 30.9 Å². The van der Waals surface area contributed by atoms with E-state index in [-0.39, 0.29) is 0 Å². The Kier molecular flexibility index (Phi) is 6.56. The van der Waals surface area contributed by atoms with Gasteiger partial charge < -0.3 is 15.0 Å². The molecule has 0 bridgehead atoms. The molecule has 0 unspecified atom stereocenters. The van der Waals surface area contributed by atoms with E-state index in [1.165, 1.54) is 0 Å². The summed E-state index contributed by atoms with van der Waals surface area (Å²) < 4.78 is 5.18. The normalized spacial score (nSPS) is 10.8. The maximum Gasteiger partial charge on any atom is 0.224 e. The molecule has 0 aliphatic rings. The first-order valence-corrected chi connectivity index (χ1v) is 6.93. The largest absolute Gasteiger partial charge is 0.383 e. The third-order valence-corrected chi connectivity index (χ3v) is 2.91. The van der Waals surface area contributed by atoms with E-state index < -0.39 is 0 Å². The molecule has 0 aliphatic heterocycles. The summed E-state index contributed by atoms with van der Waals surface area (Å²) in [4.78, 5) is 11.2. The van der Waals surface area contributed by atoms with Crippen molar-refractivity contribution in [2.45, 2.75) is 40.2 Å². The molecular formula is C14H26N4O. The Hall–Kier alpha value is -1.36. The molecule has 0 fully saturated rings. The summed E-state index contributed by atoms with van der Waals surface area (Å²) in [5, 5.41) is 3.23. The van der Waals surface area contributed by atoms with E-state index in [2.05, 4.69) is 41.0 Å². The Morgan fingerprint density at radius 2 is 2.16 bits per heavy atom. The first-order valence-electron chi connectivity index (χ1n) is 6.93. The molecule has 0 radical (unpaired) electrons. The van der Waals surface area contributed by atoms with Crippen molar-refractivity contribution in [2.24, 2.45) is 0 Å². The molecule has 0 aliphatic carbocycles. The van der Waals surface area contributed by atoms with Gasteiger partial charge in [-0.05, 0) is 27.2 Å². The number of methoxy groups -OCH3 is 1. The minimum absolute atomic E-state index is 0.378. The fraction of sp³-hybridized carbons (Fsp3) is 0.714. The molecule has 0 saturated carbocycles. The SMILES string of the molecule is CCCNc1ncc(C)c(N(CCOC)C(C)C)n1. The molecule has 1 N–H and O–H groups in total. The summed E-state index contributed by atoms with van der Waals surface area (Å²) in [7, 11) is 1.72. The zero-order valence-electron chi connectivity index (χ0n) is 12.7. The standard InChI is InChI=1S/C14H26N4O/c1-6-7-15-14-16-10-12(4)13(17-14)18(11(2)3)8-9-19-5/h10-11H,6-9H2,1-5H3,(H,15,16,17). The maximum absolute atomic E-state index is 5.18. The number of aromatic nitrogens is 2. The lowest BCUT2D eigenvalue weighted by molar-refractivity contribution is 0.203. The van der Waals surface area contributed by atoms with E-state index >= 15 is 0 Å². The molecule has 5 nitrogen and oxygen atoms in total. The topological polar surface area (TPSA) is 50.3 Å². The molecule has 5 heteroatoms. The highest BCUT2D eigenvalue weighted by molar-refractivity contribution is 5.49. The fourth-order valence-electron chi connectivity index (χ4n) is 1.84. The van der Waals surface area contributed by atoms with Crippen LogP contribution in [0.25, 0.3) is 0 Å². The van der Waals surface area contributed by atoms with Crippen LogP contribution in [0.15, 0.2) is 6.20 Å². The van der Waals surface area contributed by atoms with E-state index in [9.17, 15) is 0 Å². The van der Waals surface area contributed by atoms with Gasteiger partial charge in [-0.3, -0.25) is 0 Å². The van der Waals surface area contributed by atoms with Crippen molar-refractivity contribution in [3.8, 4) is 0 Å². The van der Waals surface area contributed by atoms with Crippen LogP contribution in [0, 0.1) is 6.92 Å². The van der Waals surface area contributed by atoms with Crippen LogP contribution in [0.2, 0.25) is 0 Å². The zero-order chi connectivity index (χ0) is 14.3. The minimum Gasteiger partial charge on any atom is -0.383 e. The van der Waals surface area contributed by atoms with Crippen molar-refractivity contribution >= 4 is 11.8 Å². The highest BCUT2D eigenvalue weighted by Crippen LogP contribution is 2.20. The van der Waals surface area contributed by atoms with Crippen LogP contribution in [-0.4, -0.2) is 42.8 Å². The first-order chi connectivity index (χ1) is 9.10. The average Bonchev–Trinajstić information content (AvgIpc) is 2.39. The zero-order valence-corrected chi connectivity index (χ0v) is 12.7. The molecular weight excluding hydrogens is 240 g/mol. The number of hydrogen-bond acceptors (Lipinski definition) is 5. The van der Waals surface area contributed by atoms with Crippen LogP contribution in [0.5, 0.6) is 0 Å². The molecule has 19 heavy (non-hydrogen) atoms. The van der Waals surface area contributed by atoms with E-state index in [0.29, 0.717) is 18.6 Å². The minimum atomic E-state index is 0.378. The molecule has 0 saturated heterocycles. The summed E-state index contributed by atoms with van der Waals surface area (Å²) in [6, 6.07) is 0.378. The monoisotopic (exact) mass is 266 g/mol. The third-order valence-electron chi connectivity index (χ3n) is 2.91. The van der Waals surface area contributed by atoms with Crippen LogP contribution < -0.4 is 10.2 Å². The molecule has 0 amide bonds. The molecule has 1 aromatic rings. The predicted octanol–water partition coefficient (Wildman–Crippen LogP) is 2.47. The predicted molar refractivity (Wildman–Crippen MR) is 79.9 cm³/mol. The number of rotatable bonds is 8. The number of ether oxygens (including phenoxy) is 1. The van der Waals surface area contributed by atoms with Crippen molar-refractivity contribution in [3.63, 3.8) is 0 Å². The van der Waals surface area contributed by atoms with Crippen LogP contribution >= 0.6 is 0 Å². The summed E-state index contributed by atoms with van der Waals surface area (Å²) in [6.45, 7) is 10.9. The van der Waals surface area contributed by atoms with Crippen LogP contribution in [0.4, 0.5) is 11.8 Å². The van der Waals surface area contributed by atoms with E-state index in [1.54, 1.807) is 7.11 Å². The molecule has 1 heterocycles. The molecule has 0 aromatic carbocycles. The van der Waals surface area contributed by atoms with Crippen molar-refractivity contribution in [1.29, 1.82) is 0 Å². The quantitative estimate of drug-likeness (QED) is 0.783.